The summed E-state index contributed by atoms with van der Waals surface area (Å²) in [7, 11) is 0. The summed E-state index contributed by atoms with van der Waals surface area (Å²) in [5, 5.41) is 14.7. The van der Waals surface area contributed by atoms with Gasteiger partial charge in [0.1, 0.15) is 6.61 Å². The molecule has 1 aliphatic carbocycles. The minimum absolute atomic E-state index is 0.0316. The predicted molar refractivity (Wildman–Crippen MR) is 121 cm³/mol. The van der Waals surface area contributed by atoms with Gasteiger partial charge < -0.3 is 25.2 Å². The van der Waals surface area contributed by atoms with Gasteiger partial charge in [0.25, 0.3) is 0 Å². The fourth-order valence-corrected chi connectivity index (χ4v) is 4.68. The number of amides is 2. The van der Waals surface area contributed by atoms with E-state index in [2.05, 4.69) is 34.9 Å². The molecule has 2 amide bonds. The fourth-order valence-electron chi connectivity index (χ4n) is 4.68. The first-order valence-electron chi connectivity index (χ1n) is 11.2. The lowest BCUT2D eigenvalue weighted by Gasteiger charge is -2.36. The van der Waals surface area contributed by atoms with Crippen LogP contribution >= 0.6 is 0 Å². The van der Waals surface area contributed by atoms with Crippen LogP contribution in [-0.4, -0.2) is 55.0 Å². The van der Waals surface area contributed by atoms with Gasteiger partial charge >= 0.3 is 12.1 Å². The smallest absolute Gasteiger partial charge is 0.407 e. The summed E-state index contributed by atoms with van der Waals surface area (Å²) >= 11 is 0. The highest BCUT2D eigenvalue weighted by atomic mass is 16.5. The topological polar surface area (TPSA) is 114 Å². The van der Waals surface area contributed by atoms with Gasteiger partial charge in [0.2, 0.25) is 5.91 Å². The highest BCUT2D eigenvalue weighted by molar-refractivity contribution is 5.80. The van der Waals surface area contributed by atoms with Crippen LogP contribution in [0.2, 0.25) is 0 Å². The molecule has 174 valence electrons. The number of carbonyl (C=O) groups is 3. The molecule has 8 nitrogen and oxygen atoms in total. The lowest BCUT2D eigenvalue weighted by molar-refractivity contribution is -0.140. The first-order chi connectivity index (χ1) is 16.0. The number of ether oxygens (including phenoxy) is 2. The van der Waals surface area contributed by atoms with E-state index in [4.69, 9.17) is 9.47 Å². The number of nitrogens with one attached hydrogen (secondary N) is 2. The fraction of sp³-hybridized carbons (Fsp3) is 0.400. The molecule has 2 aliphatic rings. The third-order valence-corrected chi connectivity index (χ3v) is 6.31. The molecule has 0 saturated carbocycles. The molecular weight excluding hydrogens is 424 g/mol. The van der Waals surface area contributed by atoms with Gasteiger partial charge in [-0.3, -0.25) is 9.59 Å². The SMILES string of the molecule is O=C(O)CC1(NC(=O)CCNC(=O)OCC2c3ccccc3-c3ccccc32)CCOCC1. The number of aliphatic carboxylic acids is 1. The molecule has 1 heterocycles. The number of carboxylic acids is 1. The average molecular weight is 453 g/mol. The van der Waals surface area contributed by atoms with E-state index in [0.29, 0.717) is 26.1 Å². The van der Waals surface area contributed by atoms with Gasteiger partial charge in [0.05, 0.1) is 12.0 Å². The largest absolute Gasteiger partial charge is 0.481 e. The zero-order chi connectivity index (χ0) is 23.3. The number of carbonyl (C=O) groups excluding carboxylic acids is 2. The van der Waals surface area contributed by atoms with Crippen molar-refractivity contribution in [3.8, 4) is 11.1 Å². The number of carboxylic acid groups (broad SMARTS) is 1. The highest BCUT2D eigenvalue weighted by Crippen LogP contribution is 2.44. The van der Waals surface area contributed by atoms with Crippen LogP contribution in [0.5, 0.6) is 0 Å². The third kappa shape index (κ3) is 5.34. The molecule has 1 fully saturated rings. The summed E-state index contributed by atoms with van der Waals surface area (Å²) in [6, 6.07) is 16.2. The summed E-state index contributed by atoms with van der Waals surface area (Å²) in [5.74, 6) is -1.30. The molecule has 0 atom stereocenters. The van der Waals surface area contributed by atoms with E-state index in [1.165, 1.54) is 0 Å². The molecule has 2 aromatic carbocycles. The first kappa shape index (κ1) is 22.8. The standard InChI is InChI=1S/C25H28N2O6/c28-22(27-25(15-23(29)30)10-13-32-14-11-25)9-12-26-24(31)33-16-21-19-7-3-1-5-17(19)18-6-2-4-8-20(18)21/h1-8,21H,9-16H2,(H,26,31)(H,27,28)(H,29,30). The van der Waals surface area contributed by atoms with Gasteiger partial charge in [-0.05, 0) is 35.1 Å². The Morgan fingerprint density at radius 3 is 2.21 bits per heavy atom. The number of alkyl carbamates (subject to hydrolysis) is 1. The predicted octanol–water partition coefficient (Wildman–Crippen LogP) is 3.06. The van der Waals surface area contributed by atoms with Crippen LogP contribution in [0.1, 0.15) is 42.7 Å². The Labute approximate surface area is 192 Å². The Kier molecular flexibility index (Phi) is 6.93. The lowest BCUT2D eigenvalue weighted by Crippen LogP contribution is -2.53. The molecular formula is C25H28N2O6. The van der Waals surface area contributed by atoms with Crippen molar-refractivity contribution in [1.29, 1.82) is 0 Å². The average Bonchev–Trinajstić information content (AvgIpc) is 3.11. The van der Waals surface area contributed by atoms with E-state index < -0.39 is 17.6 Å². The summed E-state index contributed by atoms with van der Waals surface area (Å²) in [5.41, 5.74) is 3.77. The maximum atomic E-state index is 12.4. The number of benzene rings is 2. The van der Waals surface area contributed by atoms with Crippen molar-refractivity contribution in [2.75, 3.05) is 26.4 Å². The van der Waals surface area contributed by atoms with Gasteiger partial charge in [0.15, 0.2) is 0 Å². The normalized spacial score (nSPS) is 16.4. The van der Waals surface area contributed by atoms with E-state index >= 15 is 0 Å². The van der Waals surface area contributed by atoms with E-state index in [-0.39, 0.29) is 37.8 Å². The highest BCUT2D eigenvalue weighted by Gasteiger charge is 2.36. The molecule has 0 radical (unpaired) electrons. The molecule has 4 rings (SSSR count). The maximum Gasteiger partial charge on any atom is 0.407 e. The number of fused-ring (bicyclic) bond motifs is 3. The van der Waals surface area contributed by atoms with E-state index in [0.717, 1.165) is 22.3 Å². The summed E-state index contributed by atoms with van der Waals surface area (Å²) in [6.45, 7) is 1.12. The van der Waals surface area contributed by atoms with E-state index in [9.17, 15) is 19.5 Å². The second kappa shape index (κ2) is 10.0. The van der Waals surface area contributed by atoms with Crippen LogP contribution in [0.3, 0.4) is 0 Å². The molecule has 0 spiro atoms. The maximum absolute atomic E-state index is 12.4. The van der Waals surface area contributed by atoms with Crippen molar-refractivity contribution >= 4 is 18.0 Å². The van der Waals surface area contributed by atoms with E-state index in [1.807, 2.05) is 24.3 Å². The van der Waals surface area contributed by atoms with Gasteiger partial charge in [-0.1, -0.05) is 48.5 Å². The molecule has 1 aliphatic heterocycles. The molecule has 0 unspecified atom stereocenters. The zero-order valence-corrected chi connectivity index (χ0v) is 18.3. The van der Waals surface area contributed by atoms with Gasteiger partial charge in [-0.15, -0.1) is 0 Å². The van der Waals surface area contributed by atoms with Crippen LogP contribution in [0, 0.1) is 0 Å². The Morgan fingerprint density at radius 1 is 1.00 bits per heavy atom. The lowest BCUT2D eigenvalue weighted by atomic mass is 9.86. The van der Waals surface area contributed by atoms with Crippen molar-refractivity contribution in [2.24, 2.45) is 0 Å². The molecule has 33 heavy (non-hydrogen) atoms. The molecule has 8 heteroatoms. The monoisotopic (exact) mass is 452 g/mol. The molecule has 0 bridgehead atoms. The molecule has 1 saturated heterocycles. The van der Waals surface area contributed by atoms with Crippen molar-refractivity contribution in [1.82, 2.24) is 10.6 Å². The molecule has 0 aromatic heterocycles. The Morgan fingerprint density at radius 2 is 1.61 bits per heavy atom. The molecule has 2 aromatic rings. The van der Waals surface area contributed by atoms with Crippen molar-refractivity contribution in [2.45, 2.75) is 37.1 Å². The van der Waals surface area contributed by atoms with Crippen molar-refractivity contribution in [3.05, 3.63) is 59.7 Å². The minimum Gasteiger partial charge on any atom is -0.481 e. The van der Waals surface area contributed by atoms with Crippen LogP contribution in [0.25, 0.3) is 11.1 Å². The van der Waals surface area contributed by atoms with Crippen LogP contribution < -0.4 is 10.6 Å². The summed E-state index contributed by atoms with van der Waals surface area (Å²) in [4.78, 5) is 35.9. The minimum atomic E-state index is -0.964. The number of rotatable bonds is 8. The van der Waals surface area contributed by atoms with Crippen LogP contribution in [0.4, 0.5) is 4.79 Å². The first-order valence-corrected chi connectivity index (χ1v) is 11.2. The Hall–Kier alpha value is -3.39. The zero-order valence-electron chi connectivity index (χ0n) is 18.3. The number of hydrogen-bond acceptors (Lipinski definition) is 5. The third-order valence-electron chi connectivity index (χ3n) is 6.31. The van der Waals surface area contributed by atoms with Crippen molar-refractivity contribution < 1.29 is 29.0 Å². The number of hydrogen-bond donors (Lipinski definition) is 3. The van der Waals surface area contributed by atoms with Crippen molar-refractivity contribution in [3.63, 3.8) is 0 Å². The quantitative estimate of drug-likeness (QED) is 0.567. The second-order valence-corrected chi connectivity index (χ2v) is 8.51. The Bertz CT molecular complexity index is 986. The Balaban J connectivity index is 1.26. The van der Waals surface area contributed by atoms with E-state index in [1.54, 1.807) is 0 Å². The second-order valence-electron chi connectivity index (χ2n) is 8.51. The van der Waals surface area contributed by atoms with Gasteiger partial charge in [-0.25, -0.2) is 4.79 Å². The summed E-state index contributed by atoms with van der Waals surface area (Å²) < 4.78 is 10.8. The van der Waals surface area contributed by atoms with Crippen LogP contribution in [0.15, 0.2) is 48.5 Å². The van der Waals surface area contributed by atoms with Crippen LogP contribution in [-0.2, 0) is 19.1 Å². The summed E-state index contributed by atoms with van der Waals surface area (Å²) in [6.07, 6.45) is 0.195. The molecule has 3 N–H and O–H groups in total. The van der Waals surface area contributed by atoms with Gasteiger partial charge in [-0.2, -0.15) is 0 Å². The van der Waals surface area contributed by atoms with Gasteiger partial charge in [0, 0.05) is 32.1 Å².